The van der Waals surface area contributed by atoms with Gasteiger partial charge in [0.1, 0.15) is 17.2 Å². The molecule has 1 heterocycles. The van der Waals surface area contributed by atoms with Crippen LogP contribution in [0.15, 0.2) is 64.1 Å². The lowest BCUT2D eigenvalue weighted by molar-refractivity contribution is -0.384. The highest BCUT2D eigenvalue weighted by molar-refractivity contribution is 5.79. The zero-order chi connectivity index (χ0) is 21.9. The van der Waals surface area contributed by atoms with E-state index in [-0.39, 0.29) is 28.5 Å². The molecular formula is C18H11F3N4O5. The van der Waals surface area contributed by atoms with Crippen molar-refractivity contribution in [1.29, 1.82) is 0 Å². The Balaban J connectivity index is 1.81. The molecule has 3 aromatic rings. The Labute approximate surface area is 165 Å². The van der Waals surface area contributed by atoms with Gasteiger partial charge in [0.2, 0.25) is 0 Å². The Morgan fingerprint density at radius 2 is 1.67 bits per heavy atom. The summed E-state index contributed by atoms with van der Waals surface area (Å²) >= 11 is 0. The fraction of sp³-hybridized carbons (Fsp3) is 0.0556. The highest BCUT2D eigenvalue weighted by Crippen LogP contribution is 2.35. The second kappa shape index (κ2) is 8.03. The van der Waals surface area contributed by atoms with Crippen molar-refractivity contribution in [3.63, 3.8) is 0 Å². The summed E-state index contributed by atoms with van der Waals surface area (Å²) in [7, 11) is 0. The Bertz CT molecular complexity index is 1140. The van der Waals surface area contributed by atoms with E-state index in [2.05, 4.69) is 10.5 Å². The molecule has 1 N–H and O–H groups in total. The number of nitro groups is 2. The second-order valence-electron chi connectivity index (χ2n) is 5.83. The molecule has 0 aliphatic rings. The number of hydrogen-bond donors (Lipinski definition) is 1. The van der Waals surface area contributed by atoms with Crippen molar-refractivity contribution in [3.05, 3.63) is 86.1 Å². The van der Waals surface area contributed by atoms with E-state index in [9.17, 15) is 33.4 Å². The van der Waals surface area contributed by atoms with Crippen molar-refractivity contribution >= 4 is 23.3 Å². The largest absolute Gasteiger partial charge is 0.455 e. The van der Waals surface area contributed by atoms with Gasteiger partial charge < -0.3 is 4.42 Å². The molecule has 154 valence electrons. The van der Waals surface area contributed by atoms with Gasteiger partial charge in [-0.1, -0.05) is 12.1 Å². The Kier molecular flexibility index (Phi) is 5.49. The van der Waals surface area contributed by atoms with Crippen LogP contribution < -0.4 is 5.43 Å². The Morgan fingerprint density at radius 3 is 2.33 bits per heavy atom. The molecule has 3 rings (SSSR count). The summed E-state index contributed by atoms with van der Waals surface area (Å²) in [6.45, 7) is 0. The van der Waals surface area contributed by atoms with Crippen molar-refractivity contribution < 1.29 is 27.4 Å². The lowest BCUT2D eigenvalue weighted by Gasteiger charge is -2.08. The average molecular weight is 420 g/mol. The fourth-order valence-corrected chi connectivity index (χ4v) is 2.53. The number of benzene rings is 2. The quantitative estimate of drug-likeness (QED) is 0.331. The number of furan rings is 1. The van der Waals surface area contributed by atoms with E-state index in [1.807, 2.05) is 0 Å². The van der Waals surface area contributed by atoms with Crippen LogP contribution in [0.1, 0.15) is 11.3 Å². The number of nitrogens with zero attached hydrogens (tertiary/aromatic N) is 3. The smallest absolute Gasteiger partial charge is 0.416 e. The van der Waals surface area contributed by atoms with E-state index in [1.54, 1.807) is 6.07 Å². The van der Waals surface area contributed by atoms with E-state index >= 15 is 0 Å². The van der Waals surface area contributed by atoms with Crippen molar-refractivity contribution in [1.82, 2.24) is 0 Å². The maximum Gasteiger partial charge on any atom is 0.416 e. The van der Waals surface area contributed by atoms with Gasteiger partial charge in [-0.25, -0.2) is 0 Å². The van der Waals surface area contributed by atoms with E-state index in [1.165, 1.54) is 30.3 Å². The summed E-state index contributed by atoms with van der Waals surface area (Å²) in [5.74, 6) is 0.356. The summed E-state index contributed by atoms with van der Waals surface area (Å²) in [6.07, 6.45) is -3.60. The minimum Gasteiger partial charge on any atom is -0.455 e. The standard InChI is InChI=1S/C18H11F3N4O5/c19-18(20,21)11-5-7-14(16(9-11)25(28)29)23-22-10-12-6-8-17(30-12)13-3-1-2-4-15(13)24(26)27/h1-10,23H/b22-10+. The van der Waals surface area contributed by atoms with Gasteiger partial charge in [0, 0.05) is 12.1 Å². The Hall–Kier alpha value is -4.22. The summed E-state index contributed by atoms with van der Waals surface area (Å²) in [6, 6.07) is 10.8. The minimum absolute atomic E-state index is 0.158. The predicted octanol–water partition coefficient (Wildman–Crippen LogP) is 5.23. The molecule has 0 spiro atoms. The number of hydrogen-bond acceptors (Lipinski definition) is 7. The molecule has 0 aliphatic heterocycles. The molecule has 0 saturated carbocycles. The molecule has 30 heavy (non-hydrogen) atoms. The SMILES string of the molecule is O=[N+]([O-])c1cc(C(F)(F)F)ccc1N/N=C/c1ccc(-c2ccccc2[N+](=O)[O-])o1. The van der Waals surface area contributed by atoms with Crippen LogP contribution in [0.25, 0.3) is 11.3 Å². The van der Waals surface area contributed by atoms with Crippen LogP contribution in [0, 0.1) is 20.2 Å². The lowest BCUT2D eigenvalue weighted by atomic mass is 10.1. The molecular weight excluding hydrogens is 409 g/mol. The molecule has 0 amide bonds. The van der Waals surface area contributed by atoms with Gasteiger partial charge in [0.25, 0.3) is 11.4 Å². The molecule has 0 radical (unpaired) electrons. The zero-order valence-corrected chi connectivity index (χ0v) is 14.8. The maximum atomic E-state index is 12.7. The molecule has 12 heteroatoms. The summed E-state index contributed by atoms with van der Waals surface area (Å²) in [5.41, 5.74) is 0.156. The van der Waals surface area contributed by atoms with Gasteiger partial charge in [-0.3, -0.25) is 25.7 Å². The van der Waals surface area contributed by atoms with Gasteiger partial charge in [0.05, 0.1) is 27.2 Å². The van der Waals surface area contributed by atoms with Gasteiger partial charge in [-0.15, -0.1) is 0 Å². The van der Waals surface area contributed by atoms with E-state index in [0.717, 1.165) is 12.3 Å². The number of para-hydroxylation sites is 1. The Morgan fingerprint density at radius 1 is 0.967 bits per heavy atom. The first-order valence-electron chi connectivity index (χ1n) is 8.15. The maximum absolute atomic E-state index is 12.7. The van der Waals surface area contributed by atoms with Crippen LogP contribution in [0.3, 0.4) is 0 Å². The van der Waals surface area contributed by atoms with Crippen LogP contribution in [0.4, 0.5) is 30.2 Å². The molecule has 2 aromatic carbocycles. The molecule has 0 saturated heterocycles. The van der Waals surface area contributed by atoms with Crippen LogP contribution >= 0.6 is 0 Å². The molecule has 0 unspecified atom stereocenters. The monoisotopic (exact) mass is 420 g/mol. The topological polar surface area (TPSA) is 124 Å². The fourth-order valence-electron chi connectivity index (χ4n) is 2.53. The first-order chi connectivity index (χ1) is 14.2. The first kappa shape index (κ1) is 20.5. The van der Waals surface area contributed by atoms with Crippen LogP contribution in [-0.2, 0) is 6.18 Å². The van der Waals surface area contributed by atoms with Crippen molar-refractivity contribution in [2.24, 2.45) is 5.10 Å². The average Bonchev–Trinajstić information content (AvgIpc) is 3.16. The molecule has 1 aromatic heterocycles. The molecule has 0 fully saturated rings. The number of nitrogens with one attached hydrogen (secondary N) is 1. The highest BCUT2D eigenvalue weighted by Gasteiger charge is 2.33. The van der Waals surface area contributed by atoms with Crippen LogP contribution in [-0.4, -0.2) is 16.1 Å². The zero-order valence-electron chi connectivity index (χ0n) is 14.8. The molecule has 0 aliphatic carbocycles. The highest BCUT2D eigenvalue weighted by atomic mass is 19.4. The van der Waals surface area contributed by atoms with E-state index in [0.29, 0.717) is 12.1 Å². The summed E-state index contributed by atoms with van der Waals surface area (Å²) < 4.78 is 43.7. The number of alkyl halides is 3. The van der Waals surface area contributed by atoms with Gasteiger partial charge in [-0.2, -0.15) is 18.3 Å². The van der Waals surface area contributed by atoms with E-state index < -0.39 is 27.3 Å². The van der Waals surface area contributed by atoms with E-state index in [4.69, 9.17) is 4.42 Å². The predicted molar refractivity (Wildman–Crippen MR) is 100 cm³/mol. The van der Waals surface area contributed by atoms with Gasteiger partial charge in [-0.05, 0) is 30.3 Å². The number of rotatable bonds is 6. The lowest BCUT2D eigenvalue weighted by Crippen LogP contribution is -2.06. The number of halogens is 3. The van der Waals surface area contributed by atoms with Crippen molar-refractivity contribution in [2.45, 2.75) is 6.18 Å². The number of nitro benzene ring substituents is 2. The molecule has 0 atom stereocenters. The number of anilines is 1. The number of hydrazone groups is 1. The first-order valence-corrected chi connectivity index (χ1v) is 8.15. The second-order valence-corrected chi connectivity index (χ2v) is 5.83. The molecule has 0 bridgehead atoms. The normalized spacial score (nSPS) is 11.6. The third kappa shape index (κ3) is 4.43. The van der Waals surface area contributed by atoms with Gasteiger partial charge >= 0.3 is 6.18 Å². The summed E-state index contributed by atoms with van der Waals surface area (Å²) in [5, 5.41) is 25.9. The van der Waals surface area contributed by atoms with Gasteiger partial charge in [0.15, 0.2) is 0 Å². The third-order valence-corrected chi connectivity index (χ3v) is 3.89. The third-order valence-electron chi connectivity index (χ3n) is 3.89. The van der Waals surface area contributed by atoms with Crippen molar-refractivity contribution in [3.8, 4) is 11.3 Å². The van der Waals surface area contributed by atoms with Crippen LogP contribution in [0.2, 0.25) is 0 Å². The van der Waals surface area contributed by atoms with Crippen molar-refractivity contribution in [2.75, 3.05) is 5.43 Å². The minimum atomic E-state index is -4.73. The summed E-state index contributed by atoms with van der Waals surface area (Å²) in [4.78, 5) is 20.6. The van der Waals surface area contributed by atoms with Crippen LogP contribution in [0.5, 0.6) is 0 Å². The molecule has 9 nitrogen and oxygen atoms in total.